The number of nitrogens with two attached hydrogens (primary N) is 1. The van der Waals surface area contributed by atoms with E-state index >= 15 is 0 Å². The third-order valence-corrected chi connectivity index (χ3v) is 4.43. The van der Waals surface area contributed by atoms with E-state index in [0.717, 1.165) is 23.3 Å². The molecule has 0 amide bonds. The molecule has 2 heterocycles. The van der Waals surface area contributed by atoms with Crippen molar-refractivity contribution in [2.75, 3.05) is 5.75 Å². The molecule has 0 saturated heterocycles. The minimum atomic E-state index is -0.620. The maximum atomic E-state index is 14.3. The lowest BCUT2D eigenvalue weighted by atomic mass is 9.87. The van der Waals surface area contributed by atoms with Gasteiger partial charge < -0.3 is 5.73 Å². The van der Waals surface area contributed by atoms with Crippen molar-refractivity contribution in [2.24, 2.45) is 10.7 Å². The number of hydrogen-bond acceptors (Lipinski definition) is 5. The maximum Gasteiger partial charge on any atom is 0.154 e. The third-order valence-electron chi connectivity index (χ3n) is 3.64. The molecule has 4 nitrogen and oxygen atoms in total. The van der Waals surface area contributed by atoms with E-state index in [0.29, 0.717) is 10.7 Å². The van der Waals surface area contributed by atoms with Crippen LogP contribution in [-0.2, 0) is 5.54 Å². The molecule has 0 bridgehead atoms. The van der Waals surface area contributed by atoms with Gasteiger partial charge in [-0.15, -0.1) is 0 Å². The number of hydrogen-bond donors (Lipinski definition) is 1. The van der Waals surface area contributed by atoms with E-state index < -0.39 is 5.54 Å². The van der Waals surface area contributed by atoms with Crippen molar-refractivity contribution in [1.82, 2.24) is 9.97 Å². The van der Waals surface area contributed by atoms with Gasteiger partial charge in [0, 0.05) is 29.3 Å². The summed E-state index contributed by atoms with van der Waals surface area (Å²) in [5.74, 6) is 0.575. The molecule has 1 aliphatic heterocycles. The lowest BCUT2D eigenvalue weighted by Crippen LogP contribution is -2.29. The predicted molar refractivity (Wildman–Crippen MR) is 83.5 cm³/mol. The Morgan fingerprint density at radius 1 is 1.24 bits per heavy atom. The Morgan fingerprint density at radius 3 is 2.71 bits per heavy atom. The van der Waals surface area contributed by atoms with Crippen molar-refractivity contribution < 1.29 is 4.39 Å². The van der Waals surface area contributed by atoms with Crippen LogP contribution < -0.4 is 5.73 Å². The van der Waals surface area contributed by atoms with Crippen LogP contribution in [0.4, 0.5) is 4.39 Å². The van der Waals surface area contributed by atoms with Gasteiger partial charge in [-0.3, -0.25) is 4.99 Å². The van der Waals surface area contributed by atoms with Crippen LogP contribution in [0.5, 0.6) is 0 Å². The number of benzene rings is 1. The van der Waals surface area contributed by atoms with E-state index in [9.17, 15) is 4.39 Å². The normalized spacial score (nSPS) is 21.9. The molecule has 1 aliphatic rings. The number of aromatic nitrogens is 2. The second-order valence-electron chi connectivity index (χ2n) is 5.14. The van der Waals surface area contributed by atoms with E-state index in [2.05, 4.69) is 15.0 Å². The monoisotopic (exact) mass is 302 g/mol. The van der Waals surface area contributed by atoms with Gasteiger partial charge in [-0.25, -0.2) is 14.4 Å². The fraction of sp³-hybridized carbons (Fsp3) is 0.267. The SMILES string of the molecule is C[C@@]1(c2cc(-c3cncnc3)ccc2F)CCSC(N)=N1. The van der Waals surface area contributed by atoms with Gasteiger partial charge in [0.1, 0.15) is 12.1 Å². The topological polar surface area (TPSA) is 64.2 Å². The minimum Gasteiger partial charge on any atom is -0.379 e. The molecule has 0 unspecified atom stereocenters. The Kier molecular flexibility index (Phi) is 3.63. The van der Waals surface area contributed by atoms with Crippen LogP contribution in [0, 0.1) is 5.82 Å². The molecule has 0 aliphatic carbocycles. The Bertz CT molecular complexity index is 689. The van der Waals surface area contributed by atoms with E-state index in [1.807, 2.05) is 13.0 Å². The molecule has 2 aromatic rings. The number of amidine groups is 1. The molecule has 2 N–H and O–H groups in total. The Labute approximate surface area is 126 Å². The summed E-state index contributed by atoms with van der Waals surface area (Å²) in [5, 5.41) is 0.511. The van der Waals surface area contributed by atoms with Crippen LogP contribution in [0.15, 0.2) is 41.9 Å². The smallest absolute Gasteiger partial charge is 0.154 e. The Morgan fingerprint density at radius 2 is 2.00 bits per heavy atom. The summed E-state index contributed by atoms with van der Waals surface area (Å²) in [7, 11) is 0. The molecule has 1 atom stereocenters. The van der Waals surface area contributed by atoms with Gasteiger partial charge in [-0.05, 0) is 31.0 Å². The van der Waals surface area contributed by atoms with E-state index in [1.54, 1.807) is 18.5 Å². The van der Waals surface area contributed by atoms with Gasteiger partial charge in [-0.2, -0.15) is 0 Å². The molecule has 1 aromatic carbocycles. The summed E-state index contributed by atoms with van der Waals surface area (Å²) >= 11 is 1.51. The number of rotatable bonds is 2. The molecular formula is C15H15FN4S. The van der Waals surface area contributed by atoms with Crippen LogP contribution >= 0.6 is 11.8 Å². The molecule has 0 saturated carbocycles. The lowest BCUT2D eigenvalue weighted by Gasteiger charge is -2.30. The summed E-state index contributed by atoms with van der Waals surface area (Å²) in [6.07, 6.45) is 5.64. The average molecular weight is 302 g/mol. The van der Waals surface area contributed by atoms with Gasteiger partial charge in [0.2, 0.25) is 0 Å². The van der Waals surface area contributed by atoms with Crippen LogP contribution in [0.2, 0.25) is 0 Å². The summed E-state index contributed by atoms with van der Waals surface area (Å²) in [6, 6.07) is 5.02. The maximum absolute atomic E-state index is 14.3. The van der Waals surface area contributed by atoms with Crippen LogP contribution in [-0.4, -0.2) is 20.9 Å². The molecule has 0 fully saturated rings. The number of halogens is 1. The largest absolute Gasteiger partial charge is 0.379 e. The highest BCUT2D eigenvalue weighted by Crippen LogP contribution is 2.37. The lowest BCUT2D eigenvalue weighted by molar-refractivity contribution is 0.450. The van der Waals surface area contributed by atoms with E-state index in [1.165, 1.54) is 24.2 Å². The summed E-state index contributed by atoms with van der Waals surface area (Å²) in [5.41, 5.74) is 7.49. The van der Waals surface area contributed by atoms with Crippen LogP contribution in [0.1, 0.15) is 18.9 Å². The van der Waals surface area contributed by atoms with Crippen molar-refractivity contribution in [3.63, 3.8) is 0 Å². The third kappa shape index (κ3) is 2.76. The second kappa shape index (κ2) is 5.44. The van der Waals surface area contributed by atoms with Crippen molar-refractivity contribution in [2.45, 2.75) is 18.9 Å². The zero-order valence-corrected chi connectivity index (χ0v) is 12.4. The molecule has 0 spiro atoms. The summed E-state index contributed by atoms with van der Waals surface area (Å²) < 4.78 is 14.3. The standard InChI is InChI=1S/C15H15FN4S/c1-15(4-5-21-14(17)20-15)12-6-10(2-3-13(12)16)11-7-18-9-19-8-11/h2-3,6-9H,4-5H2,1H3,(H2,17,20)/t15-/m0/s1. The van der Waals surface area contributed by atoms with Crippen LogP contribution in [0.3, 0.4) is 0 Å². The quantitative estimate of drug-likeness (QED) is 0.926. The average Bonchev–Trinajstić information content (AvgIpc) is 2.48. The molecule has 21 heavy (non-hydrogen) atoms. The Balaban J connectivity index is 2.09. The number of thioether (sulfide) groups is 1. The minimum absolute atomic E-state index is 0.262. The van der Waals surface area contributed by atoms with Crippen molar-refractivity contribution in [3.05, 3.63) is 48.3 Å². The first-order valence-corrected chi connectivity index (χ1v) is 7.61. The molecule has 3 rings (SSSR count). The Hall–Kier alpha value is -1.95. The summed E-state index contributed by atoms with van der Waals surface area (Å²) in [4.78, 5) is 12.5. The fourth-order valence-electron chi connectivity index (χ4n) is 2.45. The highest BCUT2D eigenvalue weighted by molar-refractivity contribution is 8.13. The van der Waals surface area contributed by atoms with Gasteiger partial charge in [0.05, 0.1) is 5.54 Å². The number of nitrogens with zero attached hydrogens (tertiary/aromatic N) is 3. The highest BCUT2D eigenvalue weighted by Gasteiger charge is 2.32. The molecule has 108 valence electrons. The fourth-order valence-corrected chi connectivity index (χ4v) is 3.42. The first kappa shape index (κ1) is 14.0. The molecule has 6 heteroatoms. The summed E-state index contributed by atoms with van der Waals surface area (Å²) in [6.45, 7) is 1.92. The van der Waals surface area contributed by atoms with Crippen molar-refractivity contribution in [3.8, 4) is 11.1 Å². The highest BCUT2D eigenvalue weighted by atomic mass is 32.2. The van der Waals surface area contributed by atoms with Crippen LogP contribution in [0.25, 0.3) is 11.1 Å². The zero-order chi connectivity index (χ0) is 14.9. The van der Waals surface area contributed by atoms with E-state index in [-0.39, 0.29) is 5.82 Å². The van der Waals surface area contributed by atoms with E-state index in [4.69, 9.17) is 5.73 Å². The molecular weight excluding hydrogens is 287 g/mol. The number of aliphatic imine (C=N–C) groups is 1. The van der Waals surface area contributed by atoms with Gasteiger partial charge in [0.15, 0.2) is 5.17 Å². The first-order chi connectivity index (χ1) is 10.1. The zero-order valence-electron chi connectivity index (χ0n) is 11.6. The molecule has 1 aromatic heterocycles. The van der Waals surface area contributed by atoms with Crippen molar-refractivity contribution in [1.29, 1.82) is 0 Å². The second-order valence-corrected chi connectivity index (χ2v) is 6.26. The van der Waals surface area contributed by atoms with Gasteiger partial charge in [-0.1, -0.05) is 17.8 Å². The van der Waals surface area contributed by atoms with Gasteiger partial charge in [0.25, 0.3) is 0 Å². The molecule has 0 radical (unpaired) electrons. The first-order valence-electron chi connectivity index (χ1n) is 6.62. The van der Waals surface area contributed by atoms with Gasteiger partial charge >= 0.3 is 0 Å². The van der Waals surface area contributed by atoms with Crippen molar-refractivity contribution >= 4 is 16.9 Å². The predicted octanol–water partition coefficient (Wildman–Crippen LogP) is 2.95.